The number of ketones is 4. The first-order valence-electron chi connectivity index (χ1n) is 13.2. The van der Waals surface area contributed by atoms with Crippen LogP contribution in [0.25, 0.3) is 0 Å². The second-order valence-electron chi connectivity index (χ2n) is 10.9. The number of likely N-dealkylation sites (N-methyl/N-ethyl adjacent to an activating group) is 2. The van der Waals surface area contributed by atoms with Crippen molar-refractivity contribution in [3.8, 4) is 5.75 Å². The number of nitrogens with zero attached hydrogens (tertiary/aromatic N) is 1. The summed E-state index contributed by atoms with van der Waals surface area (Å²) in [6.45, 7) is 2.96. The molecule has 226 valence electrons. The monoisotopic (exact) mass is 590 g/mol. The molecule has 0 radical (unpaired) electrons. The normalized spacial score (nSPS) is 30.4. The van der Waals surface area contributed by atoms with Crippen LogP contribution in [0, 0.1) is 29.5 Å². The standard InChI is InChI=1S/C27H31FN4O10/c1-5-30-8-14(34)31-13-7-12(28)10-6-11-16(21(36)15(10)20(13)35)24(38)27(41)18(23(11)42-9(2)33)19(32(3)4)22(37)17(25(27)39)26(29)40/h7,11,16-19,23,30,35,41H,5-6,8H2,1-4H3,(H2,29,40)(H,31,34)/t11-,16?,17?,18-,19+,23+,27+/m1/s1. The molecule has 0 aliphatic heterocycles. The van der Waals surface area contributed by atoms with Crippen molar-refractivity contribution in [3.63, 3.8) is 0 Å². The number of aromatic hydroxyl groups is 1. The van der Waals surface area contributed by atoms with Gasteiger partial charge in [0.25, 0.3) is 0 Å². The van der Waals surface area contributed by atoms with E-state index in [2.05, 4.69) is 10.6 Å². The highest BCUT2D eigenvalue weighted by Crippen LogP contribution is 2.52. The zero-order chi connectivity index (χ0) is 31.4. The highest BCUT2D eigenvalue weighted by atomic mass is 19.1. The number of rotatable bonds is 7. The molecular weight excluding hydrogens is 559 g/mol. The molecule has 0 heterocycles. The molecule has 0 aromatic heterocycles. The summed E-state index contributed by atoms with van der Waals surface area (Å²) in [4.78, 5) is 92.6. The van der Waals surface area contributed by atoms with Gasteiger partial charge in [-0.3, -0.25) is 38.5 Å². The van der Waals surface area contributed by atoms with Crippen LogP contribution in [-0.4, -0.2) is 101 Å². The zero-order valence-electron chi connectivity index (χ0n) is 23.2. The van der Waals surface area contributed by atoms with Gasteiger partial charge in [0.15, 0.2) is 34.7 Å². The molecule has 3 aliphatic rings. The molecule has 42 heavy (non-hydrogen) atoms. The van der Waals surface area contributed by atoms with E-state index < -0.39 is 112 Å². The molecule has 0 spiro atoms. The van der Waals surface area contributed by atoms with Crippen LogP contribution in [0.1, 0.15) is 29.8 Å². The summed E-state index contributed by atoms with van der Waals surface area (Å²) < 4.78 is 20.9. The number of nitrogens with one attached hydrogen (secondary N) is 2. The maximum absolute atomic E-state index is 15.5. The SMILES string of the molecule is CCNCC(=O)Nc1cc(F)c2c(c1O)C(=O)C1C(=O)[C@]3(O)C(=O)C(C(N)=O)C(=O)[C@@H](N(C)C)[C@@H]3[C@@H](OC(C)=O)[C@@H]1C2. The van der Waals surface area contributed by atoms with Crippen LogP contribution in [0.15, 0.2) is 6.07 Å². The van der Waals surface area contributed by atoms with Crippen molar-refractivity contribution in [1.82, 2.24) is 10.2 Å². The minimum absolute atomic E-state index is 0.195. The number of carbonyl (C=O) groups excluding carboxylic acids is 7. The van der Waals surface area contributed by atoms with E-state index in [0.717, 1.165) is 13.0 Å². The second kappa shape index (κ2) is 11.0. The first-order chi connectivity index (χ1) is 19.6. The number of fused-ring (bicyclic) bond motifs is 3. The predicted octanol–water partition coefficient (Wildman–Crippen LogP) is -1.90. The zero-order valence-corrected chi connectivity index (χ0v) is 23.2. The van der Waals surface area contributed by atoms with Crippen molar-refractivity contribution in [3.05, 3.63) is 23.0 Å². The summed E-state index contributed by atoms with van der Waals surface area (Å²) in [6, 6.07) is -0.759. The van der Waals surface area contributed by atoms with E-state index in [-0.39, 0.29) is 12.1 Å². The van der Waals surface area contributed by atoms with Crippen LogP contribution >= 0.6 is 0 Å². The Hall–Kier alpha value is -4.08. The van der Waals surface area contributed by atoms with Crippen molar-refractivity contribution in [1.29, 1.82) is 0 Å². The average molecular weight is 591 g/mol. The summed E-state index contributed by atoms with van der Waals surface area (Å²) in [5, 5.41) is 27.8. The van der Waals surface area contributed by atoms with E-state index in [1.54, 1.807) is 6.92 Å². The largest absolute Gasteiger partial charge is 0.505 e. The highest BCUT2D eigenvalue weighted by Gasteiger charge is 2.73. The molecule has 3 aliphatic carbocycles. The third kappa shape index (κ3) is 4.57. The number of hydrogen-bond acceptors (Lipinski definition) is 12. The number of amides is 2. The Balaban J connectivity index is 1.92. The molecule has 0 bridgehead atoms. The Kier molecular flexibility index (Phi) is 8.06. The fourth-order valence-electron chi connectivity index (χ4n) is 6.49. The van der Waals surface area contributed by atoms with Crippen molar-refractivity contribution >= 4 is 46.6 Å². The molecule has 2 unspecified atom stereocenters. The first-order valence-corrected chi connectivity index (χ1v) is 13.2. The third-order valence-electron chi connectivity index (χ3n) is 8.17. The minimum atomic E-state index is -3.19. The number of hydrogen-bond donors (Lipinski definition) is 5. The van der Waals surface area contributed by atoms with E-state index in [9.17, 15) is 43.8 Å². The van der Waals surface area contributed by atoms with Gasteiger partial charge in [0.1, 0.15) is 17.7 Å². The summed E-state index contributed by atoms with van der Waals surface area (Å²) in [7, 11) is 2.73. The lowest BCUT2D eigenvalue weighted by atomic mass is 9.51. The number of nitrogens with two attached hydrogens (primary N) is 1. The molecule has 2 saturated carbocycles. The van der Waals surface area contributed by atoms with Gasteiger partial charge in [-0.25, -0.2) is 4.39 Å². The fourth-order valence-corrected chi connectivity index (χ4v) is 6.49. The van der Waals surface area contributed by atoms with E-state index in [0.29, 0.717) is 6.54 Å². The van der Waals surface area contributed by atoms with Gasteiger partial charge in [0.2, 0.25) is 11.8 Å². The number of anilines is 1. The molecule has 1 aromatic carbocycles. The molecule has 2 fully saturated rings. The number of esters is 1. The molecule has 14 nitrogen and oxygen atoms in total. The second-order valence-corrected chi connectivity index (χ2v) is 10.9. The quantitative estimate of drug-likeness (QED) is 0.133. The first kappa shape index (κ1) is 30.9. The smallest absolute Gasteiger partial charge is 0.302 e. The van der Waals surface area contributed by atoms with E-state index in [1.807, 2.05) is 0 Å². The molecule has 7 atom stereocenters. The lowest BCUT2D eigenvalue weighted by molar-refractivity contribution is -0.203. The lowest BCUT2D eigenvalue weighted by Gasteiger charge is -2.55. The van der Waals surface area contributed by atoms with E-state index >= 15 is 4.39 Å². The Labute approximate surface area is 238 Å². The van der Waals surface area contributed by atoms with Gasteiger partial charge >= 0.3 is 5.97 Å². The predicted molar refractivity (Wildman–Crippen MR) is 139 cm³/mol. The van der Waals surface area contributed by atoms with Gasteiger partial charge < -0.3 is 31.3 Å². The van der Waals surface area contributed by atoms with Gasteiger partial charge in [-0.1, -0.05) is 6.92 Å². The van der Waals surface area contributed by atoms with Crippen LogP contribution < -0.4 is 16.4 Å². The van der Waals surface area contributed by atoms with E-state index in [1.165, 1.54) is 19.0 Å². The highest BCUT2D eigenvalue weighted by molar-refractivity contribution is 6.32. The summed E-state index contributed by atoms with van der Waals surface area (Å²) in [6.07, 6.45) is -2.16. The molecular formula is C27H31FN4O10. The van der Waals surface area contributed by atoms with Crippen molar-refractivity contribution in [2.45, 2.75) is 38.0 Å². The van der Waals surface area contributed by atoms with Crippen LogP contribution in [-0.2, 0) is 39.9 Å². The molecule has 2 amide bonds. The Morgan fingerprint density at radius 3 is 2.38 bits per heavy atom. The molecule has 0 saturated heterocycles. The average Bonchev–Trinajstić information content (AvgIpc) is 2.89. The van der Waals surface area contributed by atoms with Crippen LogP contribution in [0.5, 0.6) is 5.75 Å². The van der Waals surface area contributed by atoms with Crippen molar-refractivity contribution in [2.24, 2.45) is 29.4 Å². The number of carbonyl (C=O) groups is 7. The maximum Gasteiger partial charge on any atom is 0.302 e. The molecule has 1 aromatic rings. The summed E-state index contributed by atoms with van der Waals surface area (Å²) in [5.74, 6) is -17.5. The van der Waals surface area contributed by atoms with Gasteiger partial charge in [-0.15, -0.1) is 0 Å². The van der Waals surface area contributed by atoms with E-state index in [4.69, 9.17) is 10.5 Å². The van der Waals surface area contributed by atoms with Crippen LogP contribution in [0.4, 0.5) is 10.1 Å². The Morgan fingerprint density at radius 1 is 1.19 bits per heavy atom. The van der Waals surface area contributed by atoms with Crippen LogP contribution in [0.3, 0.4) is 0 Å². The lowest BCUT2D eigenvalue weighted by Crippen LogP contribution is -2.78. The number of ether oxygens (including phenoxy) is 1. The fraction of sp³-hybridized carbons (Fsp3) is 0.519. The van der Waals surface area contributed by atoms with Gasteiger partial charge in [0.05, 0.1) is 35.7 Å². The van der Waals surface area contributed by atoms with Crippen molar-refractivity contribution < 1.29 is 52.9 Å². The molecule has 4 rings (SSSR count). The number of aliphatic hydroxyl groups is 1. The number of phenols is 1. The Morgan fingerprint density at radius 2 is 1.83 bits per heavy atom. The minimum Gasteiger partial charge on any atom is -0.505 e. The third-order valence-corrected chi connectivity index (χ3v) is 8.17. The summed E-state index contributed by atoms with van der Waals surface area (Å²) >= 11 is 0. The molecule has 6 N–H and O–H groups in total. The number of Topliss-reactive ketones (excluding diaryl/α,β-unsaturated/α-hetero) is 4. The van der Waals surface area contributed by atoms with Gasteiger partial charge in [-0.2, -0.15) is 0 Å². The van der Waals surface area contributed by atoms with Crippen molar-refractivity contribution in [2.75, 3.05) is 32.5 Å². The van der Waals surface area contributed by atoms with Gasteiger partial charge in [-0.05, 0) is 27.1 Å². The van der Waals surface area contributed by atoms with Crippen LogP contribution in [0.2, 0.25) is 0 Å². The number of primary amides is 1. The molecule has 15 heteroatoms. The number of phenolic OH excluding ortho intramolecular Hbond substituents is 1. The maximum atomic E-state index is 15.5. The number of halogens is 1. The Bertz CT molecular complexity index is 1430. The van der Waals surface area contributed by atoms with Gasteiger partial charge in [0, 0.05) is 24.5 Å². The summed E-state index contributed by atoms with van der Waals surface area (Å²) in [5.41, 5.74) is 0.636. The topological polar surface area (TPSA) is 222 Å². The number of benzene rings is 1.